The SMILES string of the molecule is C=C(C)C(=O)OCCOCCOCCOCCOCCOCCOCCOCCOCCOCCOCCOCCOCCOCCOCCOCCOCCOCCOCCOCCOCCOCCOCCOC. The Bertz CT molecular complexity index is 1100. The number of carbonyl (C=O) groups is 1. The smallest absolute Gasteiger partial charge is 0.333 e. The Morgan fingerprint density at radius 2 is 0.316 bits per heavy atom. The fraction of sp³-hybridized carbons (Fsp3) is 0.941. The predicted octanol–water partition coefficient (Wildman–Crippen LogP) is 1.12. The Kier molecular flexibility index (Phi) is 67.8. The molecule has 0 aliphatic rings. The van der Waals surface area contributed by atoms with Crippen molar-refractivity contribution < 1.29 is 118 Å². The van der Waals surface area contributed by atoms with Gasteiger partial charge in [0.15, 0.2) is 0 Å². The van der Waals surface area contributed by atoms with E-state index in [1.165, 1.54) is 0 Å². The van der Waals surface area contributed by atoms with E-state index in [2.05, 4.69) is 6.58 Å². The summed E-state index contributed by atoms with van der Waals surface area (Å²) in [7, 11) is 1.64. The van der Waals surface area contributed by atoms with Crippen molar-refractivity contribution in [2.24, 2.45) is 0 Å². The van der Waals surface area contributed by atoms with Gasteiger partial charge in [0, 0.05) is 12.7 Å². The minimum atomic E-state index is -0.418. The molecule has 0 aromatic heterocycles. The summed E-state index contributed by atoms with van der Waals surface area (Å²) in [5.74, 6) is -0.418. The fourth-order valence-corrected chi connectivity index (χ4v) is 5.18. The zero-order chi connectivity index (χ0) is 54.7. The van der Waals surface area contributed by atoms with Crippen molar-refractivity contribution in [3.63, 3.8) is 0 Å². The van der Waals surface area contributed by atoms with E-state index in [0.29, 0.717) is 303 Å². The van der Waals surface area contributed by atoms with E-state index in [4.69, 9.17) is 114 Å². The number of carbonyl (C=O) groups excluding carboxylic acids is 1. The molecule has 0 aromatic carbocycles. The summed E-state index contributed by atoms with van der Waals surface area (Å²) in [5.41, 5.74) is 0.364. The number of ether oxygens (including phenoxy) is 24. The number of rotatable bonds is 70. The lowest BCUT2D eigenvalue weighted by molar-refractivity contribution is -0.140. The van der Waals surface area contributed by atoms with Crippen LogP contribution in [0.15, 0.2) is 12.2 Å². The van der Waals surface area contributed by atoms with Crippen LogP contribution in [0.25, 0.3) is 0 Å². The molecule has 454 valence electrons. The highest BCUT2D eigenvalue weighted by molar-refractivity contribution is 5.86. The van der Waals surface area contributed by atoms with Crippen molar-refractivity contribution in [2.75, 3.05) is 311 Å². The van der Waals surface area contributed by atoms with Crippen molar-refractivity contribution in [1.82, 2.24) is 0 Å². The second kappa shape index (κ2) is 69.4. The van der Waals surface area contributed by atoms with E-state index in [-0.39, 0.29) is 6.61 Å². The number of methoxy groups -OCH3 is 1. The van der Waals surface area contributed by atoms with Gasteiger partial charge < -0.3 is 114 Å². The molecule has 25 nitrogen and oxygen atoms in total. The Balaban J connectivity index is 3.09. The maximum Gasteiger partial charge on any atom is 0.333 e. The Labute approximate surface area is 453 Å². The summed E-state index contributed by atoms with van der Waals surface area (Å²) < 4.78 is 130. The van der Waals surface area contributed by atoms with Crippen molar-refractivity contribution in [2.45, 2.75) is 6.92 Å². The molecule has 0 atom stereocenters. The van der Waals surface area contributed by atoms with E-state index < -0.39 is 5.97 Å². The van der Waals surface area contributed by atoms with Gasteiger partial charge in [-0.05, 0) is 6.92 Å². The molecule has 0 rings (SSSR count). The predicted molar refractivity (Wildman–Crippen MR) is 276 cm³/mol. The molecule has 76 heavy (non-hydrogen) atoms. The number of hydrogen-bond acceptors (Lipinski definition) is 25. The van der Waals surface area contributed by atoms with Crippen LogP contribution in [0, 0.1) is 0 Å². The standard InChI is InChI=1S/C51H100O25/c1-50(2)51(52)76-49-48-75-47-46-74-45-44-73-43-42-72-41-40-71-39-38-70-37-36-69-35-34-68-33-32-67-31-30-66-29-28-65-27-26-64-25-24-63-23-22-62-21-20-61-19-18-60-17-16-59-15-14-58-13-12-57-11-10-56-9-8-55-7-6-54-5-4-53-3/h1,4-49H2,2-3H3. The molecule has 0 spiro atoms. The third-order valence-corrected chi connectivity index (χ3v) is 9.05. The van der Waals surface area contributed by atoms with E-state index in [1.807, 2.05) is 0 Å². The van der Waals surface area contributed by atoms with Gasteiger partial charge in [0.05, 0.1) is 297 Å². The summed E-state index contributed by atoms with van der Waals surface area (Å²) in [6.07, 6.45) is 0. The van der Waals surface area contributed by atoms with Crippen molar-refractivity contribution in [3.05, 3.63) is 12.2 Å². The summed E-state index contributed by atoms with van der Waals surface area (Å²) in [4.78, 5) is 11.2. The molecule has 0 heterocycles. The molecule has 0 N–H and O–H groups in total. The highest BCUT2D eigenvalue weighted by Gasteiger charge is 2.03. The second-order valence-electron chi connectivity index (χ2n) is 15.4. The Morgan fingerprint density at radius 1 is 0.211 bits per heavy atom. The van der Waals surface area contributed by atoms with Crippen LogP contribution in [0.2, 0.25) is 0 Å². The number of hydrogen-bond donors (Lipinski definition) is 0. The van der Waals surface area contributed by atoms with E-state index in [1.54, 1.807) is 14.0 Å². The summed E-state index contributed by atoms with van der Waals surface area (Å²) in [6, 6.07) is 0. The summed E-state index contributed by atoms with van der Waals surface area (Å²) in [6.45, 7) is 27.2. The average molecular weight is 1110 g/mol. The van der Waals surface area contributed by atoms with Gasteiger partial charge in [0.1, 0.15) is 6.61 Å². The van der Waals surface area contributed by atoms with Crippen LogP contribution in [-0.4, -0.2) is 317 Å². The second-order valence-corrected chi connectivity index (χ2v) is 15.4. The molecule has 0 aromatic rings. The molecule has 0 aliphatic heterocycles. The first-order valence-electron chi connectivity index (χ1n) is 26.7. The first kappa shape index (κ1) is 74.3. The van der Waals surface area contributed by atoms with Gasteiger partial charge in [-0.25, -0.2) is 4.79 Å². The van der Waals surface area contributed by atoms with Gasteiger partial charge in [-0.1, -0.05) is 6.58 Å². The molecule has 0 bridgehead atoms. The molecule has 25 heteroatoms. The van der Waals surface area contributed by atoms with Crippen LogP contribution in [0.1, 0.15) is 6.92 Å². The lowest BCUT2D eigenvalue weighted by Crippen LogP contribution is -2.16. The molecule has 0 saturated carbocycles. The first-order chi connectivity index (χ1) is 37.7. The van der Waals surface area contributed by atoms with E-state index in [9.17, 15) is 4.79 Å². The van der Waals surface area contributed by atoms with Gasteiger partial charge in [0.2, 0.25) is 0 Å². The maximum absolute atomic E-state index is 11.2. The quantitative estimate of drug-likeness (QED) is 0.0471. The van der Waals surface area contributed by atoms with Crippen molar-refractivity contribution in [1.29, 1.82) is 0 Å². The van der Waals surface area contributed by atoms with Crippen LogP contribution >= 0.6 is 0 Å². The molecular formula is C51H100O25. The van der Waals surface area contributed by atoms with Crippen LogP contribution in [-0.2, 0) is 118 Å². The van der Waals surface area contributed by atoms with Crippen LogP contribution < -0.4 is 0 Å². The molecule has 0 aliphatic carbocycles. The maximum atomic E-state index is 11.2. The van der Waals surface area contributed by atoms with Gasteiger partial charge in [0.25, 0.3) is 0 Å². The Morgan fingerprint density at radius 3 is 0.421 bits per heavy atom. The molecular weight excluding hydrogens is 1010 g/mol. The topological polar surface area (TPSA) is 239 Å². The number of esters is 1. The van der Waals surface area contributed by atoms with Gasteiger partial charge in [-0.15, -0.1) is 0 Å². The summed E-state index contributed by atoms with van der Waals surface area (Å²) >= 11 is 0. The molecule has 0 amide bonds. The highest BCUT2D eigenvalue weighted by atomic mass is 16.6. The lowest BCUT2D eigenvalue weighted by atomic mass is 10.4. The lowest BCUT2D eigenvalue weighted by Gasteiger charge is -2.09. The third kappa shape index (κ3) is 68.4. The minimum absolute atomic E-state index is 0.191. The van der Waals surface area contributed by atoms with E-state index in [0.717, 1.165) is 0 Å². The largest absolute Gasteiger partial charge is 0.460 e. The Hall–Kier alpha value is -1.71. The van der Waals surface area contributed by atoms with Crippen LogP contribution in [0.5, 0.6) is 0 Å². The average Bonchev–Trinajstić information content (AvgIpc) is 3.42. The van der Waals surface area contributed by atoms with E-state index >= 15 is 0 Å². The molecule has 0 unspecified atom stereocenters. The van der Waals surface area contributed by atoms with Crippen LogP contribution in [0.4, 0.5) is 0 Å². The molecule has 0 fully saturated rings. The fourth-order valence-electron chi connectivity index (χ4n) is 5.18. The zero-order valence-corrected chi connectivity index (χ0v) is 46.4. The zero-order valence-electron chi connectivity index (χ0n) is 46.4. The highest BCUT2D eigenvalue weighted by Crippen LogP contribution is 1.93. The summed E-state index contributed by atoms with van der Waals surface area (Å²) in [5, 5.41) is 0. The first-order valence-corrected chi connectivity index (χ1v) is 26.7. The normalized spacial score (nSPS) is 11.6. The monoisotopic (exact) mass is 1110 g/mol. The minimum Gasteiger partial charge on any atom is -0.460 e. The van der Waals surface area contributed by atoms with Gasteiger partial charge in [-0.2, -0.15) is 0 Å². The van der Waals surface area contributed by atoms with Gasteiger partial charge >= 0.3 is 5.97 Å². The molecule has 0 saturated heterocycles. The van der Waals surface area contributed by atoms with Crippen molar-refractivity contribution in [3.8, 4) is 0 Å². The van der Waals surface area contributed by atoms with Gasteiger partial charge in [-0.3, -0.25) is 0 Å². The van der Waals surface area contributed by atoms with Crippen molar-refractivity contribution >= 4 is 5.97 Å². The third-order valence-electron chi connectivity index (χ3n) is 9.05. The van der Waals surface area contributed by atoms with Crippen LogP contribution in [0.3, 0.4) is 0 Å². The molecule has 0 radical (unpaired) electrons.